The van der Waals surface area contributed by atoms with E-state index in [1.165, 1.54) is 77.0 Å². The first-order valence-corrected chi connectivity index (χ1v) is 11.9. The molecule has 0 aliphatic carbocycles. The molecule has 0 saturated carbocycles. The largest absolute Gasteiger partial charge is 0.297 e. The van der Waals surface area contributed by atoms with Crippen molar-refractivity contribution in [3.05, 3.63) is 0 Å². The summed E-state index contributed by atoms with van der Waals surface area (Å²) in [5.41, 5.74) is 0. The molecule has 0 aromatic carbocycles. The third kappa shape index (κ3) is 12.0. The van der Waals surface area contributed by atoms with Crippen LogP contribution in [0, 0.1) is 0 Å². The summed E-state index contributed by atoms with van der Waals surface area (Å²) >= 11 is 0. The van der Waals surface area contributed by atoms with E-state index in [4.69, 9.17) is 0 Å². The Morgan fingerprint density at radius 2 is 0.800 bits per heavy atom. The zero-order valence-electron chi connectivity index (χ0n) is 14.5. The van der Waals surface area contributed by atoms with E-state index in [0.717, 1.165) is 18.1 Å². The lowest BCUT2D eigenvalue weighted by Crippen LogP contribution is -2.32. The molecule has 0 fully saturated rings. The molecule has 0 bridgehead atoms. The van der Waals surface area contributed by atoms with E-state index in [1.807, 2.05) is 0 Å². The second-order valence-corrected chi connectivity index (χ2v) is 10.5. The molecule has 20 heavy (non-hydrogen) atoms. The van der Waals surface area contributed by atoms with Crippen molar-refractivity contribution in [3.8, 4) is 0 Å². The standard InChI is InChI=1S/C18H39OSi/c1-4-7-10-13-16-20(19,17-14-11-8-5-2)18-15-12-9-6-3/h4-18H2,1-3H3. The van der Waals surface area contributed by atoms with Crippen LogP contribution in [-0.2, 0) is 4.80 Å². The minimum Gasteiger partial charge on any atom is -0.297 e. The molecule has 0 saturated heterocycles. The SMILES string of the molecule is CCCCCC[Si]([O])(CCCCCC)CCCCCC. The van der Waals surface area contributed by atoms with Gasteiger partial charge >= 0.3 is 0 Å². The Bertz CT molecular complexity index is 163. The number of rotatable bonds is 15. The lowest BCUT2D eigenvalue weighted by molar-refractivity contribution is 0.398. The van der Waals surface area contributed by atoms with Gasteiger partial charge in [0.25, 0.3) is 0 Å². The van der Waals surface area contributed by atoms with Crippen LogP contribution in [0.5, 0.6) is 0 Å². The Morgan fingerprint density at radius 3 is 1.05 bits per heavy atom. The lowest BCUT2D eigenvalue weighted by Gasteiger charge is -2.23. The minimum atomic E-state index is -2.15. The average molecular weight is 300 g/mol. The van der Waals surface area contributed by atoms with Crippen LogP contribution < -0.4 is 0 Å². The first kappa shape index (κ1) is 20.2. The summed E-state index contributed by atoms with van der Waals surface area (Å²) in [6, 6.07) is 3.18. The maximum Gasteiger partial charge on any atom is 0.237 e. The fourth-order valence-electron chi connectivity index (χ4n) is 3.00. The molecule has 0 aromatic rings. The molecule has 0 spiro atoms. The van der Waals surface area contributed by atoms with Gasteiger partial charge in [-0.3, -0.25) is 4.80 Å². The maximum absolute atomic E-state index is 13.1. The molecule has 0 aromatic heterocycles. The molecular formula is C18H39OSi. The highest BCUT2D eigenvalue weighted by Gasteiger charge is 2.31. The van der Waals surface area contributed by atoms with Gasteiger partial charge in [-0.25, -0.2) is 0 Å². The smallest absolute Gasteiger partial charge is 0.237 e. The highest BCUT2D eigenvalue weighted by Crippen LogP contribution is 2.27. The zero-order chi connectivity index (χ0) is 15.1. The molecule has 0 aliphatic heterocycles. The summed E-state index contributed by atoms with van der Waals surface area (Å²) < 4.78 is 0. The lowest BCUT2D eigenvalue weighted by atomic mass is 10.2. The Labute approximate surface area is 129 Å². The normalized spacial score (nSPS) is 12.0. The maximum atomic E-state index is 13.1. The van der Waals surface area contributed by atoms with E-state index in [-0.39, 0.29) is 0 Å². The van der Waals surface area contributed by atoms with Gasteiger partial charge in [0.2, 0.25) is 8.32 Å². The second-order valence-electron chi connectivity index (χ2n) is 6.61. The van der Waals surface area contributed by atoms with Crippen LogP contribution >= 0.6 is 0 Å². The fraction of sp³-hybridized carbons (Fsp3) is 1.00. The van der Waals surface area contributed by atoms with E-state index in [1.54, 1.807) is 0 Å². The van der Waals surface area contributed by atoms with Gasteiger partial charge < -0.3 is 0 Å². The molecule has 121 valence electrons. The summed E-state index contributed by atoms with van der Waals surface area (Å²) in [4.78, 5) is 13.1. The Kier molecular flexibility index (Phi) is 14.3. The molecule has 1 nitrogen and oxygen atoms in total. The quantitative estimate of drug-likeness (QED) is 0.227. The fourth-order valence-corrected chi connectivity index (χ4v) is 6.43. The van der Waals surface area contributed by atoms with Crippen LogP contribution in [-0.4, -0.2) is 8.32 Å². The highest BCUT2D eigenvalue weighted by molar-refractivity contribution is 6.72. The Balaban J connectivity index is 3.98. The molecule has 0 aliphatic rings. The molecular weight excluding hydrogens is 260 g/mol. The monoisotopic (exact) mass is 299 g/mol. The van der Waals surface area contributed by atoms with Crippen molar-refractivity contribution in [1.29, 1.82) is 0 Å². The molecule has 0 unspecified atom stereocenters. The number of hydrogen-bond acceptors (Lipinski definition) is 0. The summed E-state index contributed by atoms with van der Waals surface area (Å²) in [5.74, 6) is 0. The van der Waals surface area contributed by atoms with Crippen molar-refractivity contribution in [2.75, 3.05) is 0 Å². The van der Waals surface area contributed by atoms with E-state index in [9.17, 15) is 4.80 Å². The van der Waals surface area contributed by atoms with Crippen molar-refractivity contribution >= 4 is 8.32 Å². The summed E-state index contributed by atoms with van der Waals surface area (Å²) in [6.07, 6.45) is 15.3. The predicted molar refractivity (Wildman–Crippen MR) is 93.3 cm³/mol. The van der Waals surface area contributed by atoms with Gasteiger partial charge in [-0.15, -0.1) is 0 Å². The van der Waals surface area contributed by atoms with E-state index < -0.39 is 8.32 Å². The van der Waals surface area contributed by atoms with Crippen LogP contribution in [0.2, 0.25) is 18.1 Å². The second kappa shape index (κ2) is 14.1. The molecule has 0 atom stereocenters. The van der Waals surface area contributed by atoms with Gasteiger partial charge in [-0.2, -0.15) is 0 Å². The van der Waals surface area contributed by atoms with Gasteiger partial charge in [0, 0.05) is 0 Å². The topological polar surface area (TPSA) is 19.9 Å². The highest BCUT2D eigenvalue weighted by atomic mass is 28.4. The van der Waals surface area contributed by atoms with Crippen LogP contribution in [0.4, 0.5) is 0 Å². The third-order valence-corrected chi connectivity index (χ3v) is 8.25. The van der Waals surface area contributed by atoms with Crippen LogP contribution in [0.25, 0.3) is 0 Å². The molecule has 0 amide bonds. The van der Waals surface area contributed by atoms with Crippen LogP contribution in [0.1, 0.15) is 97.8 Å². The van der Waals surface area contributed by atoms with Crippen molar-refractivity contribution in [2.24, 2.45) is 0 Å². The molecule has 0 N–H and O–H groups in total. The van der Waals surface area contributed by atoms with Gasteiger partial charge in [0.05, 0.1) is 0 Å². The van der Waals surface area contributed by atoms with Gasteiger partial charge in [0.15, 0.2) is 0 Å². The third-order valence-electron chi connectivity index (χ3n) is 4.46. The van der Waals surface area contributed by atoms with Gasteiger partial charge in [0.1, 0.15) is 0 Å². The van der Waals surface area contributed by atoms with Crippen molar-refractivity contribution in [2.45, 2.75) is 116 Å². The number of hydrogen-bond donors (Lipinski definition) is 0. The van der Waals surface area contributed by atoms with Crippen molar-refractivity contribution in [3.63, 3.8) is 0 Å². The average Bonchev–Trinajstić information content (AvgIpc) is 2.45. The minimum absolute atomic E-state index is 1.06. The first-order chi connectivity index (χ1) is 9.68. The number of unbranched alkanes of at least 4 members (excludes halogenated alkanes) is 9. The van der Waals surface area contributed by atoms with Crippen LogP contribution in [0.15, 0.2) is 0 Å². The summed E-state index contributed by atoms with van der Waals surface area (Å²) in [6.45, 7) is 6.74. The van der Waals surface area contributed by atoms with E-state index in [2.05, 4.69) is 20.8 Å². The summed E-state index contributed by atoms with van der Waals surface area (Å²) in [7, 11) is -2.15. The molecule has 0 heterocycles. The molecule has 2 heteroatoms. The molecule has 0 rings (SSSR count). The Morgan fingerprint density at radius 1 is 0.500 bits per heavy atom. The summed E-state index contributed by atoms with van der Waals surface area (Å²) in [5, 5.41) is 0. The Hall–Kier alpha value is 0.177. The first-order valence-electron chi connectivity index (χ1n) is 9.39. The predicted octanol–water partition coefficient (Wildman–Crippen LogP) is 7.10. The van der Waals surface area contributed by atoms with Gasteiger partial charge in [-0.05, 0) is 18.1 Å². The molecule has 1 radical (unpaired) electrons. The zero-order valence-corrected chi connectivity index (χ0v) is 15.5. The van der Waals surface area contributed by atoms with Crippen molar-refractivity contribution < 1.29 is 4.80 Å². The van der Waals surface area contributed by atoms with Crippen molar-refractivity contribution in [1.82, 2.24) is 0 Å². The van der Waals surface area contributed by atoms with E-state index >= 15 is 0 Å². The van der Waals surface area contributed by atoms with Gasteiger partial charge in [-0.1, -0.05) is 97.8 Å². The van der Waals surface area contributed by atoms with Crippen LogP contribution in [0.3, 0.4) is 0 Å². The van der Waals surface area contributed by atoms with E-state index in [0.29, 0.717) is 0 Å².